The second-order valence-corrected chi connectivity index (χ2v) is 18.8. The molecule has 0 saturated carbocycles. The summed E-state index contributed by atoms with van der Waals surface area (Å²) >= 11 is 0. The number of aromatic nitrogens is 6. The van der Waals surface area contributed by atoms with Crippen LogP contribution in [0.3, 0.4) is 0 Å². The maximum absolute atomic E-state index is 12.3. The Labute approximate surface area is 490 Å². The number of hydrogen-bond donors (Lipinski definition) is 4. The summed E-state index contributed by atoms with van der Waals surface area (Å²) in [7, 11) is 6.73. The fourth-order valence-electron chi connectivity index (χ4n) is 7.75. The van der Waals surface area contributed by atoms with Crippen LogP contribution in [-0.2, 0) is 34.0 Å². The van der Waals surface area contributed by atoms with E-state index in [0.717, 1.165) is 45.0 Å². The Balaban J connectivity index is 0.000000183. The van der Waals surface area contributed by atoms with Crippen molar-refractivity contribution in [1.82, 2.24) is 45.9 Å². The summed E-state index contributed by atoms with van der Waals surface area (Å²) in [6.45, 7) is 8.32. The van der Waals surface area contributed by atoms with E-state index in [-0.39, 0.29) is 52.7 Å². The number of ether oxygens (including phenoxy) is 1. The highest BCUT2D eigenvalue weighted by Crippen LogP contribution is 2.26. The number of nitrogen functional groups attached to an aromatic ring is 1. The number of amides is 6. The lowest BCUT2D eigenvalue weighted by molar-refractivity contribution is -0.118. The molecule has 0 saturated heterocycles. The van der Waals surface area contributed by atoms with Crippen LogP contribution in [0.25, 0.3) is 34.4 Å². The number of hydrogen-bond acceptors (Lipinski definition) is 17. The lowest BCUT2D eigenvalue weighted by Crippen LogP contribution is -2.24. The van der Waals surface area contributed by atoms with Crippen LogP contribution in [-0.4, -0.2) is 93.6 Å². The maximum Gasteiger partial charge on any atom is 0.288 e. The Morgan fingerprint density at radius 3 is 1.05 bits per heavy atom. The molecule has 0 bridgehead atoms. The van der Waals surface area contributed by atoms with Crippen LogP contribution in [0.15, 0.2) is 160 Å². The molecule has 9 rings (SSSR count). The molecule has 0 fully saturated rings. The number of anilines is 4. The third-order valence-electron chi connectivity index (χ3n) is 12.9. The Hall–Kier alpha value is -10.8. The maximum atomic E-state index is 12.3. The van der Waals surface area contributed by atoms with Crippen LogP contribution in [0, 0.1) is 6.92 Å². The first-order valence-corrected chi connectivity index (χ1v) is 26.9. The van der Waals surface area contributed by atoms with E-state index in [1.165, 1.54) is 18.6 Å². The first-order valence-electron chi connectivity index (χ1n) is 26.9. The first kappa shape index (κ1) is 61.8. The Kier molecular flexibility index (Phi) is 21.6. The topological polar surface area (TPSA) is 300 Å². The molecule has 3 aromatic carbocycles. The summed E-state index contributed by atoms with van der Waals surface area (Å²) in [6, 6.07) is 32.5. The Morgan fingerprint density at radius 2 is 0.765 bits per heavy atom. The SMILES string of the molecule is CCC(=O)N(C)c1ccc(-c2ncc(C(=O)NCc3ccc(C)nc3)o2)cc1.CCC(=O)N(C)c1ccc(-c2ncc(C(=O)NCc3ccc(N)nc3)o2)cc1.CCC(=O)N(C)c1ccc(-c2ncc(C(=O)NCc3ccc(OC)nc3)o2)cc1. The van der Waals surface area contributed by atoms with Gasteiger partial charge in [0.05, 0.1) is 25.7 Å². The summed E-state index contributed by atoms with van der Waals surface area (Å²) in [5.74, 6) is 1.30. The molecule has 438 valence electrons. The van der Waals surface area contributed by atoms with Crippen LogP contribution in [0.5, 0.6) is 5.88 Å². The molecule has 0 aliphatic heterocycles. The van der Waals surface area contributed by atoms with E-state index in [4.69, 9.17) is 23.7 Å². The lowest BCUT2D eigenvalue weighted by Gasteiger charge is -2.16. The molecule has 9 aromatic rings. The number of nitrogens with two attached hydrogens (primary N) is 1. The Bertz CT molecular complexity index is 3520. The molecule has 0 unspecified atom stereocenters. The van der Waals surface area contributed by atoms with Crippen molar-refractivity contribution in [2.45, 2.75) is 66.6 Å². The minimum absolute atomic E-state index is 0.0270. The largest absolute Gasteiger partial charge is 0.481 e. The minimum Gasteiger partial charge on any atom is -0.481 e. The van der Waals surface area contributed by atoms with Gasteiger partial charge in [0.15, 0.2) is 0 Å². The van der Waals surface area contributed by atoms with Gasteiger partial charge in [-0.3, -0.25) is 33.8 Å². The number of aryl methyl sites for hydroxylation is 1. The van der Waals surface area contributed by atoms with Crippen molar-refractivity contribution in [2.75, 3.05) is 48.7 Å². The Morgan fingerprint density at radius 1 is 0.435 bits per heavy atom. The normalized spacial score (nSPS) is 10.5. The number of nitrogens with zero attached hydrogens (tertiary/aromatic N) is 9. The molecule has 6 aromatic heterocycles. The van der Waals surface area contributed by atoms with E-state index in [0.29, 0.717) is 79.4 Å². The predicted molar refractivity (Wildman–Crippen MR) is 319 cm³/mol. The van der Waals surface area contributed by atoms with Crippen LogP contribution in [0.2, 0.25) is 0 Å². The van der Waals surface area contributed by atoms with Crippen LogP contribution < -0.4 is 41.1 Å². The molecule has 5 N–H and O–H groups in total. The van der Waals surface area contributed by atoms with E-state index in [2.05, 4.69) is 45.9 Å². The van der Waals surface area contributed by atoms with Crippen molar-refractivity contribution in [1.29, 1.82) is 0 Å². The fraction of sp³-hybridized carbons (Fsp3) is 0.226. The van der Waals surface area contributed by atoms with Crippen molar-refractivity contribution in [3.05, 3.63) is 186 Å². The van der Waals surface area contributed by atoms with Crippen LogP contribution >= 0.6 is 0 Å². The van der Waals surface area contributed by atoms with Crippen molar-refractivity contribution < 1.29 is 46.8 Å². The van der Waals surface area contributed by atoms with Gasteiger partial charge in [-0.2, -0.15) is 0 Å². The van der Waals surface area contributed by atoms with Crippen molar-refractivity contribution >= 4 is 58.3 Å². The summed E-state index contributed by atoms with van der Waals surface area (Å²) in [5, 5.41) is 8.29. The molecule has 6 heterocycles. The highest BCUT2D eigenvalue weighted by molar-refractivity contribution is 5.95. The van der Waals surface area contributed by atoms with Crippen molar-refractivity contribution in [2.24, 2.45) is 0 Å². The quantitative estimate of drug-likeness (QED) is 0.0587. The van der Waals surface area contributed by atoms with Gasteiger partial charge in [0.25, 0.3) is 17.7 Å². The van der Waals surface area contributed by atoms with E-state index >= 15 is 0 Å². The number of carbonyl (C=O) groups is 6. The van der Waals surface area contributed by atoms with E-state index in [1.807, 2.05) is 70.2 Å². The molecular formula is C62H65N13O10. The molecule has 23 heteroatoms. The van der Waals surface area contributed by atoms with Gasteiger partial charge < -0.3 is 54.4 Å². The number of methoxy groups -OCH3 is 1. The zero-order chi connectivity index (χ0) is 61.0. The van der Waals surface area contributed by atoms with Gasteiger partial charge >= 0.3 is 0 Å². The zero-order valence-electron chi connectivity index (χ0n) is 48.3. The lowest BCUT2D eigenvalue weighted by atomic mass is 10.2. The molecule has 85 heavy (non-hydrogen) atoms. The molecule has 0 spiro atoms. The highest BCUT2D eigenvalue weighted by atomic mass is 16.5. The van der Waals surface area contributed by atoms with Gasteiger partial charge in [-0.25, -0.2) is 24.9 Å². The predicted octanol–water partition coefficient (Wildman–Crippen LogP) is 9.02. The zero-order valence-corrected chi connectivity index (χ0v) is 48.3. The van der Waals surface area contributed by atoms with Gasteiger partial charge in [-0.15, -0.1) is 0 Å². The fourth-order valence-corrected chi connectivity index (χ4v) is 7.75. The van der Waals surface area contributed by atoms with Gasteiger partial charge in [-0.1, -0.05) is 39.0 Å². The first-order chi connectivity index (χ1) is 41.0. The molecule has 6 amide bonds. The van der Waals surface area contributed by atoms with Gasteiger partial charge in [-0.05, 0) is 109 Å². The van der Waals surface area contributed by atoms with E-state index < -0.39 is 0 Å². The summed E-state index contributed by atoms with van der Waals surface area (Å²) in [5.41, 5.74) is 13.5. The third kappa shape index (κ3) is 17.1. The van der Waals surface area contributed by atoms with Crippen LogP contribution in [0.1, 0.15) is 94.1 Å². The summed E-state index contributed by atoms with van der Waals surface area (Å²) in [4.78, 5) is 102. The number of nitrogens with one attached hydrogen (secondary N) is 3. The van der Waals surface area contributed by atoms with Gasteiger partial charge in [0, 0.05) is 124 Å². The van der Waals surface area contributed by atoms with Crippen LogP contribution in [0.4, 0.5) is 22.9 Å². The number of pyridine rings is 3. The molecule has 23 nitrogen and oxygen atoms in total. The minimum atomic E-state index is -0.375. The number of rotatable bonds is 19. The standard InChI is InChI=1S/C21H22N4O4.C21H22N4O3.C20H21N5O3/c1-4-19(26)25(2)16-8-6-15(7-9-16)21-24-13-17(29-21)20(27)23-12-14-5-10-18(28-3)22-11-14;1-4-19(26)25(3)17-9-7-16(8-10-17)21-24-13-18(28-21)20(27)23-12-15-6-5-14(2)22-11-15;1-3-18(26)25(2)15-7-5-14(6-8-15)20-24-12-16(28-20)19(27)23-11-13-4-9-17(21)22-10-13/h5-11,13H,4,12H2,1-3H3,(H,23,27);5-11,13H,4,12H2,1-3H3,(H,23,27);4-10,12H,3,11H2,1-2H3,(H2,21,22)(H,23,27). The number of benzene rings is 3. The highest BCUT2D eigenvalue weighted by Gasteiger charge is 2.19. The van der Waals surface area contributed by atoms with E-state index in [9.17, 15) is 28.8 Å². The average Bonchev–Trinajstić information content (AvgIpc) is 4.25. The number of carbonyl (C=O) groups excluding carboxylic acids is 6. The monoisotopic (exact) mass is 1150 g/mol. The average molecular weight is 1150 g/mol. The summed E-state index contributed by atoms with van der Waals surface area (Å²) < 4.78 is 21.7. The molecule has 0 atom stereocenters. The van der Waals surface area contributed by atoms with Gasteiger partial charge in [0.2, 0.25) is 58.6 Å². The number of oxazole rings is 3. The second kappa shape index (κ2) is 29.7. The molecule has 0 aliphatic rings. The van der Waals surface area contributed by atoms with Crippen molar-refractivity contribution in [3.8, 4) is 40.2 Å². The molecular weight excluding hydrogens is 1090 g/mol. The van der Waals surface area contributed by atoms with Gasteiger partial charge in [0.1, 0.15) is 5.82 Å². The third-order valence-corrected chi connectivity index (χ3v) is 12.9. The smallest absolute Gasteiger partial charge is 0.288 e. The van der Waals surface area contributed by atoms with E-state index in [1.54, 1.807) is 128 Å². The molecule has 0 aliphatic carbocycles. The van der Waals surface area contributed by atoms with Crippen molar-refractivity contribution in [3.63, 3.8) is 0 Å². The molecule has 0 radical (unpaired) electrons. The second-order valence-electron chi connectivity index (χ2n) is 18.8. The summed E-state index contributed by atoms with van der Waals surface area (Å²) in [6.07, 6.45) is 10.4.